The molecule has 3 fully saturated rings. The Morgan fingerprint density at radius 2 is 1.78 bits per heavy atom. The molecule has 3 heterocycles. The SMILES string of the molecule is COC(=O)CCCN1CCN(C2C[N+](C)(C3CCN(C(=N)NC(=O)OC(C)(C)C)CC3)C(=O)O2)CC1. The van der Waals surface area contributed by atoms with E-state index in [0.717, 1.165) is 52.0 Å². The van der Waals surface area contributed by atoms with Gasteiger partial charge in [-0.2, -0.15) is 4.79 Å². The van der Waals surface area contributed by atoms with Gasteiger partial charge in [0, 0.05) is 58.5 Å². The third-order valence-electron chi connectivity index (χ3n) is 7.29. The lowest BCUT2D eigenvalue weighted by atomic mass is 10.0. The topological polar surface area (TPSA) is 125 Å². The van der Waals surface area contributed by atoms with Gasteiger partial charge in [0.05, 0.1) is 14.2 Å². The van der Waals surface area contributed by atoms with Crippen molar-refractivity contribution in [2.24, 2.45) is 0 Å². The average molecular weight is 512 g/mol. The van der Waals surface area contributed by atoms with Crippen molar-refractivity contribution in [1.82, 2.24) is 20.0 Å². The highest BCUT2D eigenvalue weighted by Crippen LogP contribution is 2.31. The van der Waals surface area contributed by atoms with Gasteiger partial charge in [-0.05, 0) is 33.7 Å². The van der Waals surface area contributed by atoms with Crippen molar-refractivity contribution in [3.63, 3.8) is 0 Å². The number of rotatable bonds is 6. The van der Waals surface area contributed by atoms with Crippen molar-refractivity contribution in [1.29, 1.82) is 5.41 Å². The second-order valence-corrected chi connectivity index (χ2v) is 11.0. The van der Waals surface area contributed by atoms with Crippen LogP contribution in [0, 0.1) is 5.41 Å². The molecule has 0 spiro atoms. The highest BCUT2D eigenvalue weighted by Gasteiger charge is 2.53. The number of esters is 1. The molecule has 2 amide bonds. The first kappa shape index (κ1) is 28.1. The Hall–Kier alpha value is -2.44. The summed E-state index contributed by atoms with van der Waals surface area (Å²) in [7, 11) is 3.37. The van der Waals surface area contributed by atoms with Gasteiger partial charge in [0.2, 0.25) is 12.2 Å². The Balaban J connectivity index is 1.43. The van der Waals surface area contributed by atoms with Crippen LogP contribution in [0.2, 0.25) is 0 Å². The predicted molar refractivity (Wildman–Crippen MR) is 132 cm³/mol. The fourth-order valence-corrected chi connectivity index (χ4v) is 5.12. The van der Waals surface area contributed by atoms with Gasteiger partial charge >= 0.3 is 18.2 Å². The standard InChI is InChI=1S/C24H42N6O6/c1-24(2,3)36-22(32)26-21(25)29-11-8-18(9-12-29)30(4)17-19(35-23(30)33)28-15-13-27(14-16-28)10-6-7-20(31)34-5/h18-19H,6-17H2,1-5H3,(H-,25,26,32)/p+1. The molecule has 0 aromatic rings. The zero-order valence-corrected chi connectivity index (χ0v) is 22.4. The molecule has 3 aliphatic heterocycles. The second kappa shape index (κ2) is 11.7. The third kappa shape index (κ3) is 7.30. The Morgan fingerprint density at radius 1 is 1.14 bits per heavy atom. The normalized spacial score (nSPS) is 26.4. The Kier molecular flexibility index (Phi) is 9.18. The van der Waals surface area contributed by atoms with E-state index in [-0.39, 0.29) is 34.8 Å². The predicted octanol–water partition coefficient (Wildman–Crippen LogP) is 1.40. The van der Waals surface area contributed by atoms with Crippen LogP contribution in [-0.2, 0) is 19.0 Å². The highest BCUT2D eigenvalue weighted by atomic mass is 16.6. The number of amides is 2. The van der Waals surface area contributed by atoms with Gasteiger partial charge in [-0.15, -0.1) is 0 Å². The highest BCUT2D eigenvalue weighted by molar-refractivity contribution is 5.92. The first-order chi connectivity index (χ1) is 16.9. The van der Waals surface area contributed by atoms with E-state index in [0.29, 0.717) is 26.1 Å². The van der Waals surface area contributed by atoms with E-state index >= 15 is 0 Å². The second-order valence-electron chi connectivity index (χ2n) is 11.0. The number of cyclic esters (lactones) is 1. The van der Waals surface area contributed by atoms with E-state index in [2.05, 4.69) is 15.1 Å². The zero-order chi connectivity index (χ0) is 26.5. The summed E-state index contributed by atoms with van der Waals surface area (Å²) in [4.78, 5) is 42.7. The number of piperazine rings is 1. The lowest BCUT2D eigenvalue weighted by Gasteiger charge is -2.40. The maximum absolute atomic E-state index is 13.0. The van der Waals surface area contributed by atoms with Gasteiger partial charge in [0.1, 0.15) is 18.2 Å². The largest absolute Gasteiger partial charge is 0.517 e. The van der Waals surface area contributed by atoms with Gasteiger partial charge in [0.25, 0.3) is 0 Å². The van der Waals surface area contributed by atoms with E-state index in [1.807, 2.05) is 11.9 Å². The van der Waals surface area contributed by atoms with Crippen LogP contribution in [0.3, 0.4) is 0 Å². The maximum atomic E-state index is 13.0. The van der Waals surface area contributed by atoms with Crippen molar-refractivity contribution in [3.05, 3.63) is 0 Å². The molecule has 2 unspecified atom stereocenters. The molecule has 2 N–H and O–H groups in total. The molecule has 0 aromatic carbocycles. The van der Waals surface area contributed by atoms with E-state index in [4.69, 9.17) is 19.6 Å². The average Bonchev–Trinajstić information content (AvgIpc) is 3.13. The number of piperidine rings is 1. The van der Waals surface area contributed by atoms with Gasteiger partial charge in [-0.1, -0.05) is 0 Å². The zero-order valence-electron chi connectivity index (χ0n) is 22.4. The van der Waals surface area contributed by atoms with Crippen LogP contribution in [0.25, 0.3) is 0 Å². The number of nitrogens with one attached hydrogen (secondary N) is 2. The monoisotopic (exact) mass is 511 g/mol. The fraction of sp³-hybridized carbons (Fsp3) is 0.833. The molecule has 3 saturated heterocycles. The van der Waals surface area contributed by atoms with Crippen LogP contribution >= 0.6 is 0 Å². The number of likely N-dealkylation sites (N-methyl/N-ethyl adjacent to an activating group) is 1. The van der Waals surface area contributed by atoms with E-state index < -0.39 is 11.7 Å². The number of guanidine groups is 1. The molecule has 0 saturated carbocycles. The summed E-state index contributed by atoms with van der Waals surface area (Å²) in [5.41, 5.74) is -0.625. The number of methoxy groups -OCH3 is 1. The lowest BCUT2D eigenvalue weighted by molar-refractivity contribution is -0.852. The van der Waals surface area contributed by atoms with Crippen LogP contribution < -0.4 is 5.32 Å². The maximum Gasteiger partial charge on any atom is 0.517 e. The Morgan fingerprint density at radius 3 is 2.36 bits per heavy atom. The summed E-state index contributed by atoms with van der Waals surface area (Å²) in [6, 6.07) is 0.104. The summed E-state index contributed by atoms with van der Waals surface area (Å²) in [5, 5.41) is 10.7. The molecule has 12 nitrogen and oxygen atoms in total. The molecule has 2 atom stereocenters. The van der Waals surface area contributed by atoms with Crippen molar-refractivity contribution < 1.29 is 33.1 Å². The number of hydrogen-bond acceptors (Lipinski definition) is 9. The summed E-state index contributed by atoms with van der Waals surface area (Å²) in [6.07, 6.45) is 1.61. The number of likely N-dealkylation sites (tertiary alicyclic amines) is 1. The van der Waals surface area contributed by atoms with Crippen molar-refractivity contribution in [2.45, 2.75) is 64.3 Å². The fourth-order valence-electron chi connectivity index (χ4n) is 5.12. The molecular weight excluding hydrogens is 468 g/mol. The van der Waals surface area contributed by atoms with Crippen LogP contribution in [0.4, 0.5) is 9.59 Å². The minimum Gasteiger partial charge on any atom is -0.469 e. The minimum absolute atomic E-state index is 0.0247. The Bertz CT molecular complexity index is 816. The minimum atomic E-state index is -0.636. The lowest BCUT2D eigenvalue weighted by Crippen LogP contribution is -2.59. The van der Waals surface area contributed by atoms with E-state index in [1.54, 1.807) is 20.8 Å². The number of carbonyl (C=O) groups is 3. The number of ether oxygens (including phenoxy) is 3. The smallest absolute Gasteiger partial charge is 0.469 e. The van der Waals surface area contributed by atoms with Crippen LogP contribution in [0.15, 0.2) is 0 Å². The molecule has 3 aliphatic rings. The van der Waals surface area contributed by atoms with Gasteiger partial charge in [0.15, 0.2) is 0 Å². The molecular formula is C24H43N6O6+. The number of carbonyl (C=O) groups excluding carboxylic acids is 3. The van der Waals surface area contributed by atoms with Crippen molar-refractivity contribution in [2.75, 3.05) is 66.5 Å². The number of quaternary nitrogens is 1. The van der Waals surface area contributed by atoms with Crippen LogP contribution in [0.1, 0.15) is 46.5 Å². The molecule has 3 rings (SSSR count). The summed E-state index contributed by atoms with van der Waals surface area (Å²) >= 11 is 0. The van der Waals surface area contributed by atoms with Gasteiger partial charge < -0.3 is 24.0 Å². The first-order valence-electron chi connectivity index (χ1n) is 12.8. The van der Waals surface area contributed by atoms with E-state index in [9.17, 15) is 14.4 Å². The van der Waals surface area contributed by atoms with Crippen LogP contribution in [-0.4, -0.2) is 128 Å². The van der Waals surface area contributed by atoms with Gasteiger partial charge in [-0.3, -0.25) is 20.4 Å². The Labute approximate surface area is 213 Å². The third-order valence-corrected chi connectivity index (χ3v) is 7.29. The van der Waals surface area contributed by atoms with Crippen molar-refractivity contribution >= 4 is 24.1 Å². The first-order valence-corrected chi connectivity index (χ1v) is 12.8. The van der Waals surface area contributed by atoms with Crippen molar-refractivity contribution in [3.8, 4) is 0 Å². The molecule has 0 aliphatic carbocycles. The van der Waals surface area contributed by atoms with Crippen LogP contribution in [0.5, 0.6) is 0 Å². The summed E-state index contributed by atoms with van der Waals surface area (Å²) in [5.74, 6) is -0.151. The molecule has 36 heavy (non-hydrogen) atoms. The molecule has 204 valence electrons. The summed E-state index contributed by atoms with van der Waals surface area (Å²) < 4.78 is 16.0. The number of alkyl carbamates (subject to hydrolysis) is 1. The molecule has 0 radical (unpaired) electrons. The molecule has 0 aromatic heterocycles. The van der Waals surface area contributed by atoms with E-state index in [1.165, 1.54) is 7.11 Å². The quantitative estimate of drug-likeness (QED) is 0.179. The molecule has 0 bridgehead atoms. The molecule has 12 heteroatoms. The summed E-state index contributed by atoms with van der Waals surface area (Å²) in [6.45, 7) is 11.4. The number of hydrogen-bond donors (Lipinski definition) is 2. The van der Waals surface area contributed by atoms with Gasteiger partial charge in [-0.25, -0.2) is 9.28 Å². The number of nitrogens with zero attached hydrogens (tertiary/aromatic N) is 4.